The normalized spacial score (nSPS) is 10.4. The molecule has 4 aromatic heterocycles. The van der Waals surface area contributed by atoms with E-state index < -0.39 is 0 Å². The fraction of sp³-hybridized carbons (Fsp3) is 0.0690. The van der Waals surface area contributed by atoms with Gasteiger partial charge < -0.3 is 9.55 Å². The first kappa shape index (κ1) is 23.5. The summed E-state index contributed by atoms with van der Waals surface area (Å²) in [5.74, 6) is 0. The summed E-state index contributed by atoms with van der Waals surface area (Å²) >= 11 is 0. The van der Waals surface area contributed by atoms with Crippen LogP contribution in [-0.2, 0) is 21.1 Å². The number of aryl methyl sites for hydroxylation is 2. The fourth-order valence-electron chi connectivity index (χ4n) is 3.91. The van der Waals surface area contributed by atoms with Crippen molar-refractivity contribution < 1.29 is 21.1 Å². The predicted molar refractivity (Wildman–Crippen MR) is 134 cm³/mol. The van der Waals surface area contributed by atoms with E-state index in [0.29, 0.717) is 0 Å². The number of hydrogen-bond donors (Lipinski definition) is 0. The van der Waals surface area contributed by atoms with Crippen LogP contribution < -0.4 is 0 Å². The van der Waals surface area contributed by atoms with E-state index in [1.165, 1.54) is 11.1 Å². The van der Waals surface area contributed by atoms with Crippen LogP contribution in [0, 0.1) is 19.9 Å². The van der Waals surface area contributed by atoms with Crippen LogP contribution in [0.2, 0.25) is 0 Å². The van der Waals surface area contributed by atoms with Crippen LogP contribution in [0.4, 0.5) is 0 Å². The molecule has 0 amide bonds. The quantitative estimate of drug-likeness (QED) is 0.201. The average molecular weight is 623 g/mol. The Kier molecular flexibility index (Phi) is 7.30. The van der Waals surface area contributed by atoms with Crippen LogP contribution in [0.5, 0.6) is 0 Å². The van der Waals surface area contributed by atoms with Crippen molar-refractivity contribution in [3.8, 4) is 17.1 Å². The molecule has 5 heteroatoms. The molecule has 0 aliphatic heterocycles. The first-order valence-electron chi connectivity index (χ1n) is 10.9. The van der Waals surface area contributed by atoms with Crippen molar-refractivity contribution in [3.63, 3.8) is 0 Å². The Labute approximate surface area is 213 Å². The van der Waals surface area contributed by atoms with Crippen LogP contribution >= 0.6 is 0 Å². The van der Waals surface area contributed by atoms with Crippen LogP contribution in [0.3, 0.4) is 0 Å². The van der Waals surface area contributed by atoms with Crippen molar-refractivity contribution in [3.05, 3.63) is 121 Å². The van der Waals surface area contributed by atoms with Gasteiger partial charge in [-0.25, -0.2) is 0 Å². The summed E-state index contributed by atoms with van der Waals surface area (Å²) in [7, 11) is 0. The summed E-state index contributed by atoms with van der Waals surface area (Å²) in [6.45, 7) is 4.11. The molecule has 6 rings (SSSR count). The molecule has 0 fully saturated rings. The maximum atomic E-state index is 4.50. The molecular formula is C29H23N4Pt-. The Hall–Kier alpha value is -3.62. The van der Waals surface area contributed by atoms with Crippen molar-refractivity contribution in [2.24, 2.45) is 0 Å². The Morgan fingerprint density at radius 2 is 1.29 bits per heavy atom. The summed E-state index contributed by atoms with van der Waals surface area (Å²) in [5, 5.41) is 1.07. The van der Waals surface area contributed by atoms with E-state index in [2.05, 4.69) is 75.8 Å². The SMILES string of the molecule is Cc1ccnc(-c2cc(C)ccn2)c1.[Pt].[c-]1cccc2c1c1ncccc1n2-c1ccccc1. The summed E-state index contributed by atoms with van der Waals surface area (Å²) in [5.41, 5.74) is 8.70. The zero-order chi connectivity index (χ0) is 22.6. The van der Waals surface area contributed by atoms with Gasteiger partial charge in [-0.3, -0.25) is 9.97 Å². The van der Waals surface area contributed by atoms with Crippen molar-refractivity contribution in [2.45, 2.75) is 13.8 Å². The minimum Gasteiger partial charge on any atom is -0.358 e. The maximum absolute atomic E-state index is 4.50. The number of pyridine rings is 3. The molecule has 0 spiro atoms. The van der Waals surface area contributed by atoms with Gasteiger partial charge in [-0.05, 0) is 79.0 Å². The second-order valence-electron chi connectivity index (χ2n) is 7.91. The molecule has 0 saturated heterocycles. The van der Waals surface area contributed by atoms with Gasteiger partial charge in [0, 0.05) is 56.4 Å². The molecule has 0 N–H and O–H groups in total. The van der Waals surface area contributed by atoms with E-state index in [0.717, 1.165) is 39.0 Å². The summed E-state index contributed by atoms with van der Waals surface area (Å²) in [6, 6.07) is 31.8. The number of hydrogen-bond acceptors (Lipinski definition) is 3. The van der Waals surface area contributed by atoms with E-state index >= 15 is 0 Å². The molecule has 0 aliphatic rings. The standard InChI is InChI=1S/C17H11N2.C12H12N2.Pt/c1-2-7-13(8-3-1)19-15-10-5-4-9-14(15)17-16(19)11-6-12-18-17;1-9-3-5-13-11(7-9)12-8-10(2)4-6-14-12;/h1-8,10-12H;3-8H,1-2H3;/q-1;;. The molecule has 6 aromatic rings. The van der Waals surface area contributed by atoms with Crippen LogP contribution in [0.15, 0.2) is 104 Å². The predicted octanol–water partition coefficient (Wildman–Crippen LogP) is 6.74. The van der Waals surface area contributed by atoms with Gasteiger partial charge in [0.2, 0.25) is 0 Å². The van der Waals surface area contributed by atoms with Crippen molar-refractivity contribution in [1.29, 1.82) is 0 Å². The van der Waals surface area contributed by atoms with Crippen molar-refractivity contribution in [2.75, 3.05) is 0 Å². The Morgan fingerprint density at radius 1 is 0.647 bits per heavy atom. The zero-order valence-electron chi connectivity index (χ0n) is 18.9. The largest absolute Gasteiger partial charge is 0.358 e. The van der Waals surface area contributed by atoms with Gasteiger partial charge in [0.05, 0.1) is 11.4 Å². The molecule has 0 saturated carbocycles. The number of para-hydroxylation sites is 1. The van der Waals surface area contributed by atoms with Crippen LogP contribution in [0.1, 0.15) is 11.1 Å². The van der Waals surface area contributed by atoms with E-state index in [1.54, 1.807) is 0 Å². The molecular weight excluding hydrogens is 599 g/mol. The summed E-state index contributed by atoms with van der Waals surface area (Å²) < 4.78 is 2.23. The smallest absolute Gasteiger partial charge is 0.0888 e. The number of benzene rings is 2. The molecule has 170 valence electrons. The summed E-state index contributed by atoms with van der Waals surface area (Å²) in [6.07, 6.45) is 5.46. The minimum absolute atomic E-state index is 0. The van der Waals surface area contributed by atoms with Crippen molar-refractivity contribution >= 4 is 21.9 Å². The topological polar surface area (TPSA) is 43.6 Å². The first-order valence-corrected chi connectivity index (χ1v) is 10.9. The van der Waals surface area contributed by atoms with Gasteiger partial charge >= 0.3 is 0 Å². The molecule has 2 aromatic carbocycles. The van der Waals surface area contributed by atoms with E-state index in [9.17, 15) is 0 Å². The van der Waals surface area contributed by atoms with Gasteiger partial charge in [0.15, 0.2) is 0 Å². The third-order valence-corrected chi connectivity index (χ3v) is 5.45. The van der Waals surface area contributed by atoms with Gasteiger partial charge in [-0.1, -0.05) is 23.6 Å². The molecule has 4 nitrogen and oxygen atoms in total. The summed E-state index contributed by atoms with van der Waals surface area (Å²) in [4.78, 5) is 13.1. The Balaban J connectivity index is 0.000000164. The van der Waals surface area contributed by atoms with E-state index in [1.807, 2.05) is 67.1 Å². The first-order chi connectivity index (χ1) is 16.2. The molecule has 0 unspecified atom stereocenters. The number of fused-ring (bicyclic) bond motifs is 3. The van der Waals surface area contributed by atoms with Crippen LogP contribution in [-0.4, -0.2) is 19.5 Å². The molecule has 34 heavy (non-hydrogen) atoms. The molecule has 4 heterocycles. The number of rotatable bonds is 2. The third-order valence-electron chi connectivity index (χ3n) is 5.45. The van der Waals surface area contributed by atoms with Gasteiger partial charge in [-0.15, -0.1) is 24.3 Å². The van der Waals surface area contributed by atoms with E-state index in [-0.39, 0.29) is 21.1 Å². The third kappa shape index (κ3) is 4.83. The molecule has 0 bridgehead atoms. The van der Waals surface area contributed by atoms with Crippen molar-refractivity contribution in [1.82, 2.24) is 19.5 Å². The van der Waals surface area contributed by atoms with Gasteiger partial charge in [0.1, 0.15) is 0 Å². The molecule has 0 radical (unpaired) electrons. The second-order valence-corrected chi connectivity index (χ2v) is 7.91. The second kappa shape index (κ2) is 10.5. The number of nitrogens with zero attached hydrogens (tertiary/aromatic N) is 4. The van der Waals surface area contributed by atoms with Gasteiger partial charge in [-0.2, -0.15) is 0 Å². The zero-order valence-corrected chi connectivity index (χ0v) is 21.2. The van der Waals surface area contributed by atoms with E-state index in [4.69, 9.17) is 0 Å². The maximum Gasteiger partial charge on any atom is 0.0888 e. The Morgan fingerprint density at radius 3 is 1.94 bits per heavy atom. The average Bonchev–Trinajstić information content (AvgIpc) is 3.20. The molecule has 0 aliphatic carbocycles. The van der Waals surface area contributed by atoms with Gasteiger partial charge in [0.25, 0.3) is 0 Å². The molecule has 0 atom stereocenters. The van der Waals surface area contributed by atoms with Crippen LogP contribution in [0.25, 0.3) is 39.0 Å². The Bertz CT molecular complexity index is 1440. The monoisotopic (exact) mass is 622 g/mol. The number of aromatic nitrogens is 4. The minimum atomic E-state index is 0. The fourth-order valence-corrected chi connectivity index (χ4v) is 3.91.